The first-order valence-corrected chi connectivity index (χ1v) is 4.87. The maximum atomic E-state index is 11.9. The van der Waals surface area contributed by atoms with Crippen molar-refractivity contribution in [2.45, 2.75) is 32.1 Å². The maximum absolute atomic E-state index is 11.9. The zero-order chi connectivity index (χ0) is 10.6. The maximum Gasteiger partial charge on any atom is 0.390 e. The first kappa shape index (κ1) is 11.4. The minimum absolute atomic E-state index is 0.327. The molecular weight excluding hydrogens is 215 g/mol. The van der Waals surface area contributed by atoms with Crippen LogP contribution >= 0.6 is 11.5 Å². The van der Waals surface area contributed by atoms with Gasteiger partial charge < -0.3 is 5.32 Å². The van der Waals surface area contributed by atoms with Crippen molar-refractivity contribution in [2.75, 3.05) is 0 Å². The van der Waals surface area contributed by atoms with Gasteiger partial charge in [-0.05, 0) is 18.5 Å². The molecule has 1 unspecified atom stereocenters. The molecule has 7 heteroatoms. The predicted molar refractivity (Wildman–Crippen MR) is 46.9 cm³/mol. The number of rotatable bonds is 4. The summed E-state index contributed by atoms with van der Waals surface area (Å²) in [5.74, 6) is 0. The number of nitrogens with zero attached hydrogens (tertiary/aromatic N) is 2. The van der Waals surface area contributed by atoms with Crippen LogP contribution in [0.1, 0.15) is 19.0 Å². The van der Waals surface area contributed by atoms with Gasteiger partial charge in [-0.25, -0.2) is 0 Å². The van der Waals surface area contributed by atoms with E-state index in [-0.39, 0.29) is 0 Å². The Balaban J connectivity index is 2.25. The Kier molecular flexibility index (Phi) is 3.82. The lowest BCUT2D eigenvalue weighted by Gasteiger charge is -2.14. The quantitative estimate of drug-likeness (QED) is 0.851. The third-order valence-electron chi connectivity index (χ3n) is 1.57. The SMILES string of the molecule is CC(CC(F)(F)F)NCc1csnn1. The van der Waals surface area contributed by atoms with Crippen molar-refractivity contribution in [3.05, 3.63) is 11.1 Å². The van der Waals surface area contributed by atoms with Gasteiger partial charge in [-0.2, -0.15) is 13.2 Å². The molecule has 1 atom stereocenters. The first-order chi connectivity index (χ1) is 6.47. The normalized spacial score (nSPS) is 14.3. The number of aromatic nitrogens is 2. The van der Waals surface area contributed by atoms with Gasteiger partial charge in [0.15, 0.2) is 0 Å². The van der Waals surface area contributed by atoms with Gasteiger partial charge in [0.2, 0.25) is 0 Å². The zero-order valence-electron chi connectivity index (χ0n) is 7.51. The van der Waals surface area contributed by atoms with Crippen LogP contribution in [0, 0.1) is 0 Å². The van der Waals surface area contributed by atoms with E-state index in [2.05, 4.69) is 14.9 Å². The molecule has 0 bridgehead atoms. The second-order valence-corrected chi connectivity index (χ2v) is 3.61. The highest BCUT2D eigenvalue weighted by Crippen LogP contribution is 2.21. The summed E-state index contributed by atoms with van der Waals surface area (Å²) in [5.41, 5.74) is 0.670. The highest BCUT2D eigenvalue weighted by molar-refractivity contribution is 7.03. The summed E-state index contributed by atoms with van der Waals surface area (Å²) in [4.78, 5) is 0. The molecule has 1 aromatic rings. The van der Waals surface area contributed by atoms with Crippen LogP contribution in [0.4, 0.5) is 13.2 Å². The van der Waals surface area contributed by atoms with E-state index in [1.54, 1.807) is 5.38 Å². The predicted octanol–water partition coefficient (Wildman–Crippen LogP) is 1.97. The first-order valence-electron chi connectivity index (χ1n) is 4.03. The number of alkyl halides is 3. The van der Waals surface area contributed by atoms with Crippen LogP contribution in [-0.4, -0.2) is 21.8 Å². The lowest BCUT2D eigenvalue weighted by Crippen LogP contribution is -2.30. The highest BCUT2D eigenvalue weighted by atomic mass is 32.1. The lowest BCUT2D eigenvalue weighted by atomic mass is 10.2. The molecule has 1 heterocycles. The van der Waals surface area contributed by atoms with E-state index in [0.29, 0.717) is 12.2 Å². The van der Waals surface area contributed by atoms with Gasteiger partial charge in [-0.1, -0.05) is 4.49 Å². The van der Waals surface area contributed by atoms with Crippen LogP contribution in [0.3, 0.4) is 0 Å². The van der Waals surface area contributed by atoms with Gasteiger partial charge in [0, 0.05) is 18.0 Å². The topological polar surface area (TPSA) is 37.8 Å². The van der Waals surface area contributed by atoms with E-state index in [1.807, 2.05) is 0 Å². The van der Waals surface area contributed by atoms with Crippen molar-refractivity contribution in [2.24, 2.45) is 0 Å². The smallest absolute Gasteiger partial charge is 0.308 e. The molecule has 0 aromatic carbocycles. The lowest BCUT2D eigenvalue weighted by molar-refractivity contribution is -0.139. The Labute approximate surface area is 83.5 Å². The largest absolute Gasteiger partial charge is 0.390 e. The van der Waals surface area contributed by atoms with E-state index in [0.717, 1.165) is 0 Å². The fourth-order valence-electron chi connectivity index (χ4n) is 0.959. The summed E-state index contributed by atoms with van der Waals surface area (Å²) >= 11 is 1.18. The molecule has 0 aliphatic rings. The minimum atomic E-state index is -4.12. The van der Waals surface area contributed by atoms with Gasteiger partial charge in [-0.3, -0.25) is 0 Å². The van der Waals surface area contributed by atoms with E-state index >= 15 is 0 Å². The molecule has 0 fully saturated rings. The monoisotopic (exact) mass is 225 g/mol. The summed E-state index contributed by atoms with van der Waals surface area (Å²) in [6.07, 6.45) is -4.95. The van der Waals surface area contributed by atoms with Gasteiger partial charge in [0.25, 0.3) is 0 Å². The summed E-state index contributed by atoms with van der Waals surface area (Å²) < 4.78 is 39.3. The molecule has 14 heavy (non-hydrogen) atoms. The third-order valence-corrected chi connectivity index (χ3v) is 2.13. The van der Waals surface area contributed by atoms with Crippen LogP contribution in [0.5, 0.6) is 0 Å². The van der Waals surface area contributed by atoms with E-state index in [1.165, 1.54) is 18.5 Å². The molecule has 0 aliphatic carbocycles. The molecule has 3 nitrogen and oxygen atoms in total. The van der Waals surface area contributed by atoms with E-state index in [9.17, 15) is 13.2 Å². The summed E-state index contributed by atoms with van der Waals surface area (Å²) in [6, 6.07) is -0.600. The van der Waals surface area contributed by atoms with Gasteiger partial charge in [0.1, 0.15) is 0 Å². The second-order valence-electron chi connectivity index (χ2n) is 3.00. The molecule has 0 saturated heterocycles. The molecule has 1 aromatic heterocycles. The second kappa shape index (κ2) is 4.70. The molecule has 0 saturated carbocycles. The summed E-state index contributed by atoms with van der Waals surface area (Å²) in [6.45, 7) is 1.82. The van der Waals surface area contributed by atoms with Crippen molar-refractivity contribution >= 4 is 11.5 Å². The number of hydrogen-bond acceptors (Lipinski definition) is 4. The average Bonchev–Trinajstić information content (AvgIpc) is 2.49. The van der Waals surface area contributed by atoms with Gasteiger partial charge in [0.05, 0.1) is 12.1 Å². The Hall–Kier alpha value is -0.690. The highest BCUT2D eigenvalue weighted by Gasteiger charge is 2.29. The van der Waals surface area contributed by atoms with Crippen molar-refractivity contribution in [1.29, 1.82) is 0 Å². The third kappa shape index (κ3) is 4.52. The molecule has 0 spiro atoms. The molecule has 0 amide bonds. The fourth-order valence-corrected chi connectivity index (χ4v) is 1.41. The fraction of sp³-hybridized carbons (Fsp3) is 0.714. The van der Waals surface area contributed by atoms with E-state index < -0.39 is 18.6 Å². The van der Waals surface area contributed by atoms with Crippen molar-refractivity contribution < 1.29 is 13.2 Å². The minimum Gasteiger partial charge on any atom is -0.308 e. The van der Waals surface area contributed by atoms with Crippen LogP contribution in [0.15, 0.2) is 5.38 Å². The van der Waals surface area contributed by atoms with Gasteiger partial charge in [-0.15, -0.1) is 5.10 Å². The number of halogens is 3. The standard InChI is InChI=1S/C7H10F3N3S/c1-5(2-7(8,9)10)11-3-6-4-14-13-12-6/h4-5,11H,2-3H2,1H3. The molecule has 1 rings (SSSR count). The van der Waals surface area contributed by atoms with Crippen molar-refractivity contribution in [3.8, 4) is 0 Å². The van der Waals surface area contributed by atoms with Crippen molar-refractivity contribution in [3.63, 3.8) is 0 Å². The Morgan fingerprint density at radius 1 is 1.57 bits per heavy atom. The molecule has 1 N–H and O–H groups in total. The molecule has 80 valence electrons. The summed E-state index contributed by atoms with van der Waals surface area (Å²) in [7, 11) is 0. The van der Waals surface area contributed by atoms with Crippen LogP contribution < -0.4 is 5.32 Å². The Morgan fingerprint density at radius 3 is 2.79 bits per heavy atom. The average molecular weight is 225 g/mol. The number of nitrogens with one attached hydrogen (secondary N) is 1. The zero-order valence-corrected chi connectivity index (χ0v) is 8.32. The molecule has 0 aliphatic heterocycles. The van der Waals surface area contributed by atoms with Crippen molar-refractivity contribution in [1.82, 2.24) is 14.9 Å². The Bertz CT molecular complexity index is 260. The van der Waals surface area contributed by atoms with Crippen LogP contribution in [0.2, 0.25) is 0 Å². The van der Waals surface area contributed by atoms with Crippen LogP contribution in [0.25, 0.3) is 0 Å². The van der Waals surface area contributed by atoms with E-state index in [4.69, 9.17) is 0 Å². The molecule has 0 radical (unpaired) electrons. The Morgan fingerprint density at radius 2 is 2.29 bits per heavy atom. The number of hydrogen-bond donors (Lipinski definition) is 1. The molecular formula is C7H10F3N3S. The van der Waals surface area contributed by atoms with Gasteiger partial charge >= 0.3 is 6.18 Å². The summed E-state index contributed by atoms with van der Waals surface area (Å²) in [5, 5.41) is 8.14. The van der Waals surface area contributed by atoms with Crippen LogP contribution in [-0.2, 0) is 6.54 Å².